The van der Waals surface area contributed by atoms with Crippen molar-refractivity contribution in [3.8, 4) is 5.75 Å². The van der Waals surface area contributed by atoms with Crippen LogP contribution in [0.5, 0.6) is 5.75 Å². The van der Waals surface area contributed by atoms with Gasteiger partial charge in [0.05, 0.1) is 0 Å². The van der Waals surface area contributed by atoms with E-state index >= 15 is 0 Å². The summed E-state index contributed by atoms with van der Waals surface area (Å²) in [6.07, 6.45) is 1.18. The molecule has 2 N–H and O–H groups in total. The molecule has 0 spiro atoms. The smallest absolute Gasteiger partial charge is 0.120 e. The van der Waals surface area contributed by atoms with Crippen molar-refractivity contribution in [2.24, 2.45) is 11.1 Å². The molecule has 108 valence electrons. The molecule has 1 fully saturated rings. The lowest BCUT2D eigenvalue weighted by atomic mass is 9.90. The predicted molar refractivity (Wildman–Crippen MR) is 82.4 cm³/mol. The highest BCUT2D eigenvalue weighted by molar-refractivity contribution is 6.30. The fraction of sp³-hybridized carbons (Fsp3) is 0.571. The molecule has 0 amide bonds. The van der Waals surface area contributed by atoms with Crippen LogP contribution in [0.2, 0.25) is 5.02 Å². The molecule has 0 radical (unpaired) electrons. The van der Waals surface area contributed by atoms with E-state index in [2.05, 4.69) is 11.8 Å². The van der Waals surface area contributed by atoms with Gasteiger partial charge < -0.3 is 10.5 Å². The van der Waals surface area contributed by atoms with Crippen molar-refractivity contribution < 1.29 is 4.74 Å². The summed E-state index contributed by atoms with van der Waals surface area (Å²) in [5.41, 5.74) is 6.08. The first kappa shape index (κ1) is 16.6. The predicted octanol–water partition coefficient (Wildman–Crippen LogP) is 2.81. The summed E-state index contributed by atoms with van der Waals surface area (Å²) in [5.74, 6) is 0.836. The molecule has 0 saturated carbocycles. The van der Waals surface area contributed by atoms with E-state index in [1.54, 1.807) is 0 Å². The SMILES string of the molecule is CC1(CN)CCN(CCOc2cccc(Cl)c2)C1.Cl. The Morgan fingerprint density at radius 1 is 1.47 bits per heavy atom. The van der Waals surface area contributed by atoms with E-state index in [0.717, 1.165) is 31.9 Å². The second-order valence-electron chi connectivity index (χ2n) is 5.35. The molecule has 1 saturated heterocycles. The molecule has 1 unspecified atom stereocenters. The number of ether oxygens (including phenoxy) is 1. The van der Waals surface area contributed by atoms with Gasteiger partial charge in [-0.25, -0.2) is 0 Å². The van der Waals surface area contributed by atoms with E-state index in [0.29, 0.717) is 11.6 Å². The molecule has 3 nitrogen and oxygen atoms in total. The Morgan fingerprint density at radius 3 is 2.89 bits per heavy atom. The highest BCUT2D eigenvalue weighted by Crippen LogP contribution is 2.28. The molecule has 1 heterocycles. The van der Waals surface area contributed by atoms with Gasteiger partial charge in [0.25, 0.3) is 0 Å². The standard InChI is InChI=1S/C14H21ClN2O.ClH/c1-14(10-16)5-6-17(11-14)7-8-18-13-4-2-3-12(15)9-13;/h2-4,9H,5-8,10-11,16H2,1H3;1H. The Kier molecular flexibility index (Phi) is 6.40. The maximum Gasteiger partial charge on any atom is 0.120 e. The molecule has 0 aromatic heterocycles. The summed E-state index contributed by atoms with van der Waals surface area (Å²) in [5, 5.41) is 0.712. The number of likely N-dealkylation sites (tertiary alicyclic amines) is 1. The van der Waals surface area contributed by atoms with Crippen molar-refractivity contribution in [3.63, 3.8) is 0 Å². The van der Waals surface area contributed by atoms with E-state index in [1.807, 2.05) is 24.3 Å². The van der Waals surface area contributed by atoms with Crippen LogP contribution < -0.4 is 10.5 Å². The van der Waals surface area contributed by atoms with Crippen LogP contribution in [0.3, 0.4) is 0 Å². The van der Waals surface area contributed by atoms with Crippen molar-refractivity contribution in [2.75, 3.05) is 32.8 Å². The van der Waals surface area contributed by atoms with E-state index in [9.17, 15) is 0 Å². The Bertz CT molecular complexity index is 403. The molecule has 1 atom stereocenters. The first-order chi connectivity index (χ1) is 8.61. The van der Waals surface area contributed by atoms with Gasteiger partial charge in [0.15, 0.2) is 0 Å². The fourth-order valence-corrected chi connectivity index (χ4v) is 2.51. The second kappa shape index (κ2) is 7.34. The van der Waals surface area contributed by atoms with Gasteiger partial charge in [0.2, 0.25) is 0 Å². The summed E-state index contributed by atoms with van der Waals surface area (Å²) >= 11 is 5.90. The van der Waals surface area contributed by atoms with Crippen LogP contribution in [-0.4, -0.2) is 37.7 Å². The van der Waals surface area contributed by atoms with E-state index in [4.69, 9.17) is 22.1 Å². The van der Waals surface area contributed by atoms with Crippen LogP contribution >= 0.6 is 24.0 Å². The van der Waals surface area contributed by atoms with E-state index in [1.165, 1.54) is 6.42 Å². The lowest BCUT2D eigenvalue weighted by molar-refractivity contribution is 0.219. The van der Waals surface area contributed by atoms with E-state index in [-0.39, 0.29) is 17.8 Å². The summed E-state index contributed by atoms with van der Waals surface area (Å²) < 4.78 is 5.69. The van der Waals surface area contributed by atoms with E-state index < -0.39 is 0 Å². The van der Waals surface area contributed by atoms with Gasteiger partial charge in [-0.1, -0.05) is 24.6 Å². The third kappa shape index (κ3) is 4.84. The Balaban J connectivity index is 0.00000180. The van der Waals surface area contributed by atoms with Crippen LogP contribution in [0.25, 0.3) is 0 Å². The normalized spacial score (nSPS) is 23.1. The molecule has 19 heavy (non-hydrogen) atoms. The third-order valence-electron chi connectivity index (χ3n) is 3.60. The maximum absolute atomic E-state index is 5.90. The molecule has 0 bridgehead atoms. The number of nitrogens with two attached hydrogens (primary N) is 1. The average Bonchev–Trinajstić information content (AvgIpc) is 2.72. The number of rotatable bonds is 5. The zero-order valence-electron chi connectivity index (χ0n) is 11.3. The number of hydrogen-bond donors (Lipinski definition) is 1. The van der Waals surface area contributed by atoms with Crippen molar-refractivity contribution >= 4 is 24.0 Å². The second-order valence-corrected chi connectivity index (χ2v) is 5.78. The fourth-order valence-electron chi connectivity index (χ4n) is 2.33. The summed E-state index contributed by atoms with van der Waals surface area (Å²) in [6.45, 7) is 6.85. The molecule has 1 aromatic carbocycles. The number of hydrogen-bond acceptors (Lipinski definition) is 3. The minimum atomic E-state index is 0. The monoisotopic (exact) mass is 304 g/mol. The van der Waals surface area contributed by atoms with Gasteiger partial charge in [-0.15, -0.1) is 12.4 Å². The molecule has 1 aliphatic rings. The van der Waals surface area contributed by atoms with Gasteiger partial charge in [0.1, 0.15) is 12.4 Å². The van der Waals surface area contributed by atoms with Crippen molar-refractivity contribution in [1.29, 1.82) is 0 Å². The topological polar surface area (TPSA) is 38.5 Å². The number of halogens is 2. The summed E-state index contributed by atoms with van der Waals surface area (Å²) in [4.78, 5) is 2.41. The summed E-state index contributed by atoms with van der Waals surface area (Å²) in [6, 6.07) is 7.52. The van der Waals surface area contributed by atoms with Crippen LogP contribution in [0.1, 0.15) is 13.3 Å². The van der Waals surface area contributed by atoms with Gasteiger partial charge in [-0.05, 0) is 43.1 Å². The molecule has 2 rings (SSSR count). The van der Waals surface area contributed by atoms with Crippen LogP contribution in [-0.2, 0) is 0 Å². The molecule has 5 heteroatoms. The maximum atomic E-state index is 5.90. The lowest BCUT2D eigenvalue weighted by Gasteiger charge is -2.22. The minimum Gasteiger partial charge on any atom is -0.492 e. The lowest BCUT2D eigenvalue weighted by Crippen LogP contribution is -2.33. The van der Waals surface area contributed by atoms with Gasteiger partial charge in [-0.3, -0.25) is 4.90 Å². The number of benzene rings is 1. The first-order valence-electron chi connectivity index (χ1n) is 6.42. The Morgan fingerprint density at radius 2 is 2.26 bits per heavy atom. The number of nitrogens with zero attached hydrogens (tertiary/aromatic N) is 1. The first-order valence-corrected chi connectivity index (χ1v) is 6.80. The van der Waals surface area contributed by atoms with Crippen molar-refractivity contribution in [3.05, 3.63) is 29.3 Å². The Hall–Kier alpha value is -0.480. The molecule has 1 aromatic rings. The zero-order chi connectivity index (χ0) is 13.0. The third-order valence-corrected chi connectivity index (χ3v) is 3.84. The highest BCUT2D eigenvalue weighted by Gasteiger charge is 2.31. The minimum absolute atomic E-state index is 0. The largest absolute Gasteiger partial charge is 0.492 e. The molecular weight excluding hydrogens is 283 g/mol. The highest BCUT2D eigenvalue weighted by atomic mass is 35.5. The molecule has 1 aliphatic heterocycles. The molecular formula is C14H22Cl2N2O. The molecule has 0 aliphatic carbocycles. The Labute approximate surface area is 126 Å². The summed E-state index contributed by atoms with van der Waals surface area (Å²) in [7, 11) is 0. The van der Waals surface area contributed by atoms with Crippen molar-refractivity contribution in [1.82, 2.24) is 4.90 Å². The van der Waals surface area contributed by atoms with Crippen LogP contribution in [0, 0.1) is 5.41 Å². The van der Waals surface area contributed by atoms with Gasteiger partial charge in [-0.2, -0.15) is 0 Å². The zero-order valence-corrected chi connectivity index (χ0v) is 12.8. The van der Waals surface area contributed by atoms with Gasteiger partial charge in [0, 0.05) is 18.1 Å². The van der Waals surface area contributed by atoms with Gasteiger partial charge >= 0.3 is 0 Å². The van der Waals surface area contributed by atoms with Crippen LogP contribution in [0.15, 0.2) is 24.3 Å². The average molecular weight is 305 g/mol. The van der Waals surface area contributed by atoms with Crippen LogP contribution in [0.4, 0.5) is 0 Å². The van der Waals surface area contributed by atoms with Crippen molar-refractivity contribution in [2.45, 2.75) is 13.3 Å². The quantitative estimate of drug-likeness (QED) is 0.909.